The number of benzene rings is 6. The smallest absolute Gasteiger partial charge is 0.423 e. The first kappa shape index (κ1) is 21.0. The molecule has 2 N–H and O–H groups in total. The molecule has 170 valence electrons. The summed E-state index contributed by atoms with van der Waals surface area (Å²) in [5.74, 6) is 0. The lowest BCUT2D eigenvalue weighted by atomic mass is 9.72. The maximum atomic E-state index is 10.3. The predicted octanol–water partition coefficient (Wildman–Crippen LogP) is 6.44. The van der Waals surface area contributed by atoms with E-state index in [0.29, 0.717) is 5.46 Å². The van der Waals surface area contributed by atoms with Crippen LogP contribution in [-0.2, 0) is 0 Å². The van der Waals surface area contributed by atoms with Gasteiger partial charge < -0.3 is 14.6 Å². The largest absolute Gasteiger partial charge is 0.489 e. The second kappa shape index (κ2) is 8.09. The molecule has 0 aliphatic rings. The van der Waals surface area contributed by atoms with Crippen LogP contribution in [0.4, 0.5) is 0 Å². The molecule has 0 fully saturated rings. The molecule has 7 aromatic rings. The van der Waals surface area contributed by atoms with Crippen molar-refractivity contribution < 1.29 is 10.0 Å². The maximum absolute atomic E-state index is 10.3. The Labute approximate surface area is 208 Å². The van der Waals surface area contributed by atoms with Crippen molar-refractivity contribution in [3.8, 4) is 16.8 Å². The molecule has 36 heavy (non-hydrogen) atoms. The van der Waals surface area contributed by atoms with Crippen LogP contribution in [0.2, 0.25) is 0 Å². The van der Waals surface area contributed by atoms with Gasteiger partial charge in [-0.1, -0.05) is 91.0 Å². The fourth-order valence-corrected chi connectivity index (χ4v) is 5.73. The van der Waals surface area contributed by atoms with Crippen molar-refractivity contribution in [1.82, 2.24) is 4.57 Å². The van der Waals surface area contributed by atoms with Crippen LogP contribution in [0, 0.1) is 0 Å². The number of hydrogen-bond donors (Lipinski definition) is 2. The fraction of sp³-hybridized carbons (Fsp3) is 0. The Balaban J connectivity index is 1.60. The Morgan fingerprint density at radius 3 is 1.64 bits per heavy atom. The zero-order valence-electron chi connectivity index (χ0n) is 19.5. The standard InChI is InChI=1S/C32H22BNO2/c35-33(36)32-26-15-6-4-13-24(26)31(25-14-5-7-16-27(25)32)21-18-19-30-28(20-21)23-12-8-9-17-29(23)34(30)22-10-2-1-3-11-22/h1-20,35-36H. The van der Waals surface area contributed by atoms with Crippen molar-refractivity contribution in [2.24, 2.45) is 0 Å². The molecule has 4 heteroatoms. The van der Waals surface area contributed by atoms with Gasteiger partial charge >= 0.3 is 7.12 Å². The van der Waals surface area contributed by atoms with E-state index in [2.05, 4.69) is 83.4 Å². The molecule has 0 saturated carbocycles. The molecule has 1 aromatic heterocycles. The molecule has 3 nitrogen and oxygen atoms in total. The summed E-state index contributed by atoms with van der Waals surface area (Å²) in [5, 5.41) is 26.7. The van der Waals surface area contributed by atoms with Gasteiger partial charge in [-0.25, -0.2) is 0 Å². The molecule has 0 atom stereocenters. The topological polar surface area (TPSA) is 45.4 Å². The fourth-order valence-electron chi connectivity index (χ4n) is 5.73. The van der Waals surface area contributed by atoms with Gasteiger partial charge in [-0.2, -0.15) is 0 Å². The molecule has 0 unspecified atom stereocenters. The summed E-state index contributed by atoms with van der Waals surface area (Å²) in [6.07, 6.45) is 0. The Bertz CT molecular complexity index is 1870. The first-order valence-corrected chi connectivity index (χ1v) is 12.1. The zero-order chi connectivity index (χ0) is 24.2. The average Bonchev–Trinajstić information content (AvgIpc) is 3.25. The molecule has 0 spiro atoms. The highest BCUT2D eigenvalue weighted by Gasteiger charge is 2.22. The summed E-state index contributed by atoms with van der Waals surface area (Å²) in [6, 6.07) is 41.6. The van der Waals surface area contributed by atoms with E-state index in [-0.39, 0.29) is 0 Å². The first-order chi connectivity index (χ1) is 17.7. The van der Waals surface area contributed by atoms with E-state index in [9.17, 15) is 10.0 Å². The molecule has 7 rings (SSSR count). The average molecular weight is 463 g/mol. The van der Waals surface area contributed by atoms with Gasteiger partial charge in [-0.15, -0.1) is 0 Å². The third-order valence-electron chi connectivity index (χ3n) is 7.21. The summed E-state index contributed by atoms with van der Waals surface area (Å²) < 4.78 is 2.32. The zero-order valence-corrected chi connectivity index (χ0v) is 19.5. The number of fused-ring (bicyclic) bond motifs is 5. The summed E-state index contributed by atoms with van der Waals surface area (Å²) >= 11 is 0. The lowest BCUT2D eigenvalue weighted by molar-refractivity contribution is 0.426. The summed E-state index contributed by atoms with van der Waals surface area (Å²) in [7, 11) is -1.56. The maximum Gasteiger partial charge on any atom is 0.489 e. The van der Waals surface area contributed by atoms with Crippen LogP contribution >= 0.6 is 0 Å². The van der Waals surface area contributed by atoms with Crippen molar-refractivity contribution in [2.45, 2.75) is 0 Å². The number of para-hydroxylation sites is 2. The van der Waals surface area contributed by atoms with Crippen LogP contribution in [0.15, 0.2) is 121 Å². The van der Waals surface area contributed by atoms with Crippen LogP contribution < -0.4 is 5.46 Å². The number of nitrogens with zero attached hydrogens (tertiary/aromatic N) is 1. The van der Waals surface area contributed by atoms with Gasteiger partial charge in [0.25, 0.3) is 0 Å². The summed E-state index contributed by atoms with van der Waals surface area (Å²) in [5.41, 5.74) is 6.21. The lowest BCUT2D eigenvalue weighted by Gasteiger charge is -2.17. The van der Waals surface area contributed by atoms with Gasteiger partial charge in [0.05, 0.1) is 11.0 Å². The Hall–Kier alpha value is -4.38. The van der Waals surface area contributed by atoms with Gasteiger partial charge in [-0.05, 0) is 68.5 Å². The molecule has 1 heterocycles. The van der Waals surface area contributed by atoms with Gasteiger partial charge in [0, 0.05) is 16.5 Å². The minimum absolute atomic E-state index is 0.548. The van der Waals surface area contributed by atoms with Gasteiger partial charge in [-0.3, -0.25) is 0 Å². The van der Waals surface area contributed by atoms with Crippen molar-refractivity contribution >= 4 is 55.9 Å². The lowest BCUT2D eigenvalue weighted by Crippen LogP contribution is -2.31. The Morgan fingerprint density at radius 1 is 0.472 bits per heavy atom. The van der Waals surface area contributed by atoms with Crippen LogP contribution in [0.1, 0.15) is 0 Å². The van der Waals surface area contributed by atoms with Crippen LogP contribution in [0.5, 0.6) is 0 Å². The number of hydrogen-bond acceptors (Lipinski definition) is 2. The second-order valence-corrected chi connectivity index (χ2v) is 9.17. The van der Waals surface area contributed by atoms with E-state index in [4.69, 9.17) is 0 Å². The Morgan fingerprint density at radius 2 is 1.00 bits per heavy atom. The molecular weight excluding hydrogens is 441 g/mol. The molecule has 0 radical (unpaired) electrons. The van der Waals surface area contributed by atoms with E-state index in [1.54, 1.807) is 0 Å². The van der Waals surface area contributed by atoms with Gasteiger partial charge in [0.2, 0.25) is 0 Å². The van der Waals surface area contributed by atoms with Crippen LogP contribution in [-0.4, -0.2) is 21.7 Å². The highest BCUT2D eigenvalue weighted by molar-refractivity contribution is 6.66. The molecule has 0 aliphatic carbocycles. The first-order valence-electron chi connectivity index (χ1n) is 12.1. The van der Waals surface area contributed by atoms with E-state index < -0.39 is 7.12 Å². The number of aromatic nitrogens is 1. The SMILES string of the molecule is OB(O)c1c2ccccc2c(-c2ccc3c(c2)c2ccccc2n3-c2ccccc2)c2ccccc12. The molecule has 0 aliphatic heterocycles. The van der Waals surface area contributed by atoms with Crippen molar-refractivity contribution in [3.63, 3.8) is 0 Å². The predicted molar refractivity (Wildman–Crippen MR) is 151 cm³/mol. The van der Waals surface area contributed by atoms with Crippen molar-refractivity contribution in [2.75, 3.05) is 0 Å². The highest BCUT2D eigenvalue weighted by Crippen LogP contribution is 2.39. The van der Waals surface area contributed by atoms with Gasteiger partial charge in [0.15, 0.2) is 0 Å². The van der Waals surface area contributed by atoms with Crippen molar-refractivity contribution in [3.05, 3.63) is 121 Å². The normalized spacial score (nSPS) is 11.6. The molecule has 0 amide bonds. The summed E-state index contributed by atoms with van der Waals surface area (Å²) in [6.45, 7) is 0. The third kappa shape index (κ3) is 3.02. The third-order valence-corrected chi connectivity index (χ3v) is 7.21. The Kier molecular flexibility index (Phi) is 4.71. The number of rotatable bonds is 3. The van der Waals surface area contributed by atoms with E-state index in [1.807, 2.05) is 42.5 Å². The van der Waals surface area contributed by atoms with Crippen LogP contribution in [0.3, 0.4) is 0 Å². The molecule has 0 bridgehead atoms. The monoisotopic (exact) mass is 463 g/mol. The minimum Gasteiger partial charge on any atom is -0.423 e. The quantitative estimate of drug-likeness (QED) is 0.234. The van der Waals surface area contributed by atoms with Crippen LogP contribution in [0.25, 0.3) is 60.2 Å². The molecular formula is C32H22BNO2. The van der Waals surface area contributed by atoms with Gasteiger partial charge in [0.1, 0.15) is 0 Å². The highest BCUT2D eigenvalue weighted by atomic mass is 16.4. The minimum atomic E-state index is -1.56. The van der Waals surface area contributed by atoms with E-state index >= 15 is 0 Å². The van der Waals surface area contributed by atoms with Crippen molar-refractivity contribution in [1.29, 1.82) is 0 Å². The second-order valence-electron chi connectivity index (χ2n) is 9.17. The summed E-state index contributed by atoms with van der Waals surface area (Å²) in [4.78, 5) is 0. The molecule has 0 saturated heterocycles. The van der Waals surface area contributed by atoms with E-state index in [1.165, 1.54) is 16.3 Å². The van der Waals surface area contributed by atoms with E-state index in [0.717, 1.165) is 43.9 Å². The molecule has 6 aromatic carbocycles.